The monoisotopic (exact) mass is 377 g/mol. The van der Waals surface area contributed by atoms with Crippen molar-refractivity contribution in [2.24, 2.45) is 0 Å². The molecule has 1 amide bonds. The highest BCUT2D eigenvalue weighted by Gasteiger charge is 2.13. The summed E-state index contributed by atoms with van der Waals surface area (Å²) in [6.45, 7) is 4.12. The first-order valence-corrected chi connectivity index (χ1v) is 7.41. The molecule has 1 fully saturated rings. The molecular formula is C13H17FIN3O. The number of halogens is 2. The molecule has 4 nitrogen and oxygen atoms in total. The lowest BCUT2D eigenvalue weighted by atomic mass is 10.3. The van der Waals surface area contributed by atoms with Gasteiger partial charge in [-0.05, 0) is 60.3 Å². The summed E-state index contributed by atoms with van der Waals surface area (Å²) >= 11 is 2.02. The minimum absolute atomic E-state index is 0.0496. The summed E-state index contributed by atoms with van der Waals surface area (Å²) in [5.41, 5.74) is 0.667. The van der Waals surface area contributed by atoms with E-state index in [2.05, 4.69) is 15.5 Å². The second-order valence-corrected chi connectivity index (χ2v) is 5.71. The zero-order chi connectivity index (χ0) is 13.7. The van der Waals surface area contributed by atoms with Crippen molar-refractivity contribution in [3.8, 4) is 0 Å². The standard InChI is InChI=1S/C13H17FIN3O/c14-10-2-3-12(11(15)8-10)17-13(19)9-18-6-1-4-16-5-7-18/h2-3,8,16H,1,4-7,9H2,(H,17,19). The number of hydrogen-bond donors (Lipinski definition) is 2. The number of carbonyl (C=O) groups is 1. The molecule has 0 aromatic heterocycles. The van der Waals surface area contributed by atoms with Gasteiger partial charge < -0.3 is 10.6 Å². The molecule has 2 N–H and O–H groups in total. The third-order valence-corrected chi connectivity index (χ3v) is 3.90. The fraction of sp³-hybridized carbons (Fsp3) is 0.462. The molecule has 0 atom stereocenters. The number of carbonyl (C=O) groups excluding carboxylic acids is 1. The van der Waals surface area contributed by atoms with Crippen LogP contribution in [-0.2, 0) is 4.79 Å². The van der Waals surface area contributed by atoms with Crippen molar-refractivity contribution in [1.29, 1.82) is 0 Å². The van der Waals surface area contributed by atoms with Crippen LogP contribution in [0.15, 0.2) is 18.2 Å². The third-order valence-electron chi connectivity index (χ3n) is 3.01. The number of rotatable bonds is 3. The SMILES string of the molecule is O=C(CN1CCCNCC1)Nc1ccc(F)cc1I. The van der Waals surface area contributed by atoms with Crippen LogP contribution in [0.4, 0.5) is 10.1 Å². The van der Waals surface area contributed by atoms with E-state index in [0.29, 0.717) is 15.8 Å². The largest absolute Gasteiger partial charge is 0.324 e. The molecule has 1 saturated heterocycles. The van der Waals surface area contributed by atoms with Gasteiger partial charge in [0.05, 0.1) is 12.2 Å². The number of benzene rings is 1. The second kappa shape index (κ2) is 7.16. The molecule has 104 valence electrons. The van der Waals surface area contributed by atoms with E-state index in [0.717, 1.165) is 32.6 Å². The average Bonchev–Trinajstić information content (AvgIpc) is 2.61. The van der Waals surface area contributed by atoms with E-state index < -0.39 is 0 Å². The van der Waals surface area contributed by atoms with Crippen molar-refractivity contribution in [2.45, 2.75) is 6.42 Å². The van der Waals surface area contributed by atoms with E-state index >= 15 is 0 Å². The minimum atomic E-state index is -0.291. The lowest BCUT2D eigenvalue weighted by molar-refractivity contribution is -0.117. The molecule has 0 saturated carbocycles. The van der Waals surface area contributed by atoms with Crippen LogP contribution in [0.25, 0.3) is 0 Å². The molecule has 1 aromatic carbocycles. The van der Waals surface area contributed by atoms with Gasteiger partial charge >= 0.3 is 0 Å². The summed E-state index contributed by atoms with van der Waals surface area (Å²) in [6.07, 6.45) is 1.06. The Kier molecular flexibility index (Phi) is 5.53. The zero-order valence-corrected chi connectivity index (χ0v) is 12.7. The number of nitrogens with one attached hydrogen (secondary N) is 2. The van der Waals surface area contributed by atoms with Crippen LogP contribution in [-0.4, -0.2) is 43.5 Å². The van der Waals surface area contributed by atoms with Crippen molar-refractivity contribution >= 4 is 34.2 Å². The molecule has 6 heteroatoms. The molecule has 2 rings (SSSR count). The fourth-order valence-electron chi connectivity index (χ4n) is 2.04. The van der Waals surface area contributed by atoms with Crippen LogP contribution in [0, 0.1) is 9.39 Å². The van der Waals surface area contributed by atoms with Gasteiger partial charge in [0.1, 0.15) is 5.82 Å². The van der Waals surface area contributed by atoms with Gasteiger partial charge in [0.15, 0.2) is 0 Å². The Bertz CT molecular complexity index is 448. The molecule has 1 heterocycles. The van der Waals surface area contributed by atoms with Gasteiger partial charge in [-0.15, -0.1) is 0 Å². The maximum Gasteiger partial charge on any atom is 0.238 e. The lowest BCUT2D eigenvalue weighted by Crippen LogP contribution is -2.35. The van der Waals surface area contributed by atoms with Gasteiger partial charge in [0.25, 0.3) is 0 Å². The minimum Gasteiger partial charge on any atom is -0.324 e. The summed E-state index contributed by atoms with van der Waals surface area (Å²) in [7, 11) is 0. The zero-order valence-electron chi connectivity index (χ0n) is 10.6. The summed E-state index contributed by atoms with van der Waals surface area (Å²) < 4.78 is 13.7. The third kappa shape index (κ3) is 4.70. The number of nitrogens with zero attached hydrogens (tertiary/aromatic N) is 1. The molecular weight excluding hydrogens is 360 g/mol. The van der Waals surface area contributed by atoms with Gasteiger partial charge in [-0.1, -0.05) is 0 Å². The summed E-state index contributed by atoms with van der Waals surface area (Å²) in [6, 6.07) is 4.36. The normalized spacial score (nSPS) is 16.9. The van der Waals surface area contributed by atoms with Crippen molar-refractivity contribution in [3.63, 3.8) is 0 Å². The van der Waals surface area contributed by atoms with Crippen LogP contribution in [0.5, 0.6) is 0 Å². The summed E-state index contributed by atoms with van der Waals surface area (Å²) in [5, 5.41) is 6.13. The van der Waals surface area contributed by atoms with Gasteiger partial charge in [-0.3, -0.25) is 9.69 Å². The quantitative estimate of drug-likeness (QED) is 0.788. The Hall–Kier alpha value is -0.730. The highest BCUT2D eigenvalue weighted by atomic mass is 127. The van der Waals surface area contributed by atoms with Gasteiger partial charge in [-0.2, -0.15) is 0 Å². The van der Waals surface area contributed by atoms with Crippen molar-refractivity contribution in [1.82, 2.24) is 10.2 Å². The van der Waals surface area contributed by atoms with E-state index in [-0.39, 0.29) is 11.7 Å². The Morgan fingerprint density at radius 1 is 1.42 bits per heavy atom. The number of hydrogen-bond acceptors (Lipinski definition) is 3. The molecule has 1 aliphatic heterocycles. The molecule has 0 unspecified atom stereocenters. The number of amides is 1. The molecule has 0 spiro atoms. The van der Waals surface area contributed by atoms with Crippen LogP contribution < -0.4 is 10.6 Å². The molecule has 1 aromatic rings. The van der Waals surface area contributed by atoms with Gasteiger partial charge in [-0.25, -0.2) is 4.39 Å². The predicted molar refractivity (Wildman–Crippen MR) is 81.7 cm³/mol. The van der Waals surface area contributed by atoms with E-state index in [1.807, 2.05) is 22.6 Å². The molecule has 1 aliphatic rings. The highest BCUT2D eigenvalue weighted by Crippen LogP contribution is 2.18. The lowest BCUT2D eigenvalue weighted by Gasteiger charge is -2.18. The van der Waals surface area contributed by atoms with E-state index in [1.54, 1.807) is 6.07 Å². The number of anilines is 1. The first-order valence-electron chi connectivity index (χ1n) is 6.33. The van der Waals surface area contributed by atoms with Crippen molar-refractivity contribution < 1.29 is 9.18 Å². The van der Waals surface area contributed by atoms with E-state index in [4.69, 9.17) is 0 Å². The fourth-order valence-corrected chi connectivity index (χ4v) is 2.66. The topological polar surface area (TPSA) is 44.4 Å². The first-order chi connectivity index (χ1) is 9.15. The summed E-state index contributed by atoms with van der Waals surface area (Å²) in [4.78, 5) is 14.1. The average molecular weight is 377 g/mol. The smallest absolute Gasteiger partial charge is 0.238 e. The van der Waals surface area contributed by atoms with E-state index in [9.17, 15) is 9.18 Å². The molecule has 19 heavy (non-hydrogen) atoms. The highest BCUT2D eigenvalue weighted by molar-refractivity contribution is 14.1. The Balaban J connectivity index is 1.89. The van der Waals surface area contributed by atoms with Crippen LogP contribution in [0.1, 0.15) is 6.42 Å². The maximum atomic E-state index is 13.0. The molecule has 0 radical (unpaired) electrons. The predicted octanol–water partition coefficient (Wildman–Crippen LogP) is 1.66. The Morgan fingerprint density at radius 3 is 3.05 bits per heavy atom. The Labute approximate surface area is 125 Å². The van der Waals surface area contributed by atoms with Crippen molar-refractivity contribution in [2.75, 3.05) is 38.0 Å². The van der Waals surface area contributed by atoms with Gasteiger partial charge in [0, 0.05) is 16.7 Å². The van der Waals surface area contributed by atoms with Crippen molar-refractivity contribution in [3.05, 3.63) is 27.6 Å². The van der Waals surface area contributed by atoms with Crippen LogP contribution in [0.2, 0.25) is 0 Å². The van der Waals surface area contributed by atoms with Gasteiger partial charge in [0.2, 0.25) is 5.91 Å². The second-order valence-electron chi connectivity index (χ2n) is 4.55. The van der Waals surface area contributed by atoms with Crippen LogP contribution in [0.3, 0.4) is 0 Å². The van der Waals surface area contributed by atoms with E-state index in [1.165, 1.54) is 12.1 Å². The van der Waals surface area contributed by atoms with Crippen LogP contribution >= 0.6 is 22.6 Å². The summed E-state index contributed by atoms with van der Waals surface area (Å²) in [5.74, 6) is -0.340. The maximum absolute atomic E-state index is 13.0. The molecule has 0 aliphatic carbocycles. The molecule has 0 bridgehead atoms. The Morgan fingerprint density at radius 2 is 2.26 bits per heavy atom. The first kappa shape index (κ1) is 14.7.